The van der Waals surface area contributed by atoms with Crippen LogP contribution in [0, 0.1) is 5.92 Å². The van der Waals surface area contributed by atoms with Crippen molar-refractivity contribution in [2.45, 2.75) is 71.0 Å². The lowest BCUT2D eigenvalue weighted by molar-refractivity contribution is -0.117. The fraction of sp³-hybridized carbons (Fsp3) is 0.667. The number of ketones is 1. The summed E-state index contributed by atoms with van der Waals surface area (Å²) in [5.41, 5.74) is 0.473. The van der Waals surface area contributed by atoms with Gasteiger partial charge in [0.15, 0.2) is 11.2 Å². The second kappa shape index (κ2) is 6.28. The van der Waals surface area contributed by atoms with Crippen LogP contribution >= 0.6 is 0 Å². The summed E-state index contributed by atoms with van der Waals surface area (Å²) in [6.45, 7) is 2.46. The molecule has 0 N–H and O–H groups in total. The fourth-order valence-electron chi connectivity index (χ4n) is 3.86. The van der Waals surface area contributed by atoms with Crippen molar-refractivity contribution in [3.63, 3.8) is 0 Å². The number of carbonyl (C=O) groups excluding carboxylic acids is 1. The highest BCUT2D eigenvalue weighted by Crippen LogP contribution is 2.31. The Morgan fingerprint density at radius 2 is 1.92 bits per heavy atom. The van der Waals surface area contributed by atoms with E-state index in [9.17, 15) is 14.4 Å². The normalized spacial score (nSPS) is 18.3. The van der Waals surface area contributed by atoms with E-state index in [1.54, 1.807) is 22.4 Å². The van der Waals surface area contributed by atoms with Gasteiger partial charge in [0.1, 0.15) is 5.78 Å². The van der Waals surface area contributed by atoms with Crippen molar-refractivity contribution >= 4 is 16.9 Å². The van der Waals surface area contributed by atoms with Crippen molar-refractivity contribution in [2.24, 2.45) is 5.92 Å². The smallest absolute Gasteiger partial charge is 0.324 e. The molecule has 0 aliphatic heterocycles. The van der Waals surface area contributed by atoms with Crippen LogP contribution in [0.4, 0.5) is 0 Å². The largest absolute Gasteiger partial charge is 0.333 e. The summed E-state index contributed by atoms with van der Waals surface area (Å²) < 4.78 is 4.90. The number of Topliss-reactive ketones (excluding diaryl/α,β-unsaturated/α-hetero) is 1. The highest BCUT2D eigenvalue weighted by molar-refractivity contribution is 5.76. The van der Waals surface area contributed by atoms with Gasteiger partial charge in [-0.15, -0.1) is 0 Å². The van der Waals surface area contributed by atoms with E-state index in [-0.39, 0.29) is 23.1 Å². The summed E-state index contributed by atoms with van der Waals surface area (Å²) in [4.78, 5) is 41.8. The Hall–Kier alpha value is -2.18. The Morgan fingerprint density at radius 3 is 2.56 bits per heavy atom. The number of carbonyl (C=O) groups is 1. The third kappa shape index (κ3) is 2.96. The first-order valence-electron chi connectivity index (χ1n) is 9.26. The fourth-order valence-corrected chi connectivity index (χ4v) is 3.86. The lowest BCUT2D eigenvalue weighted by Gasteiger charge is -2.17. The minimum absolute atomic E-state index is 0.0734. The van der Waals surface area contributed by atoms with Crippen molar-refractivity contribution < 1.29 is 4.79 Å². The van der Waals surface area contributed by atoms with Crippen LogP contribution in [-0.4, -0.2) is 24.5 Å². The van der Waals surface area contributed by atoms with E-state index in [4.69, 9.17) is 0 Å². The summed E-state index contributed by atoms with van der Waals surface area (Å²) in [6.07, 6.45) is 8.23. The van der Waals surface area contributed by atoms with Gasteiger partial charge in [0.25, 0.3) is 5.56 Å². The van der Waals surface area contributed by atoms with E-state index in [0.29, 0.717) is 36.6 Å². The van der Waals surface area contributed by atoms with Gasteiger partial charge >= 0.3 is 5.69 Å². The lowest BCUT2D eigenvalue weighted by Crippen LogP contribution is -2.42. The quantitative estimate of drug-likeness (QED) is 0.801. The highest BCUT2D eigenvalue weighted by Gasteiger charge is 2.28. The van der Waals surface area contributed by atoms with Crippen LogP contribution in [0.5, 0.6) is 0 Å². The predicted molar refractivity (Wildman–Crippen MR) is 93.8 cm³/mol. The van der Waals surface area contributed by atoms with Crippen molar-refractivity contribution in [1.82, 2.24) is 18.7 Å². The molecule has 2 aromatic rings. The Labute approximate surface area is 145 Å². The zero-order valence-corrected chi connectivity index (χ0v) is 14.6. The average Bonchev–Trinajstić information content (AvgIpc) is 3.07. The molecular formula is C18H24N4O3. The van der Waals surface area contributed by atoms with Gasteiger partial charge in [-0.05, 0) is 38.5 Å². The maximum absolute atomic E-state index is 13.1. The van der Waals surface area contributed by atoms with Crippen molar-refractivity contribution in [3.05, 3.63) is 27.2 Å². The SMILES string of the molecule is CC(=O)CCn1cnc2c1c(=O)n(CC1CC1)c(=O)n2C1CCCC1. The number of aromatic nitrogens is 4. The van der Waals surface area contributed by atoms with Gasteiger partial charge in [0.2, 0.25) is 0 Å². The van der Waals surface area contributed by atoms with Crippen LogP contribution < -0.4 is 11.2 Å². The third-order valence-corrected chi connectivity index (χ3v) is 5.46. The Kier molecular flexibility index (Phi) is 4.09. The average molecular weight is 344 g/mol. The van der Waals surface area contributed by atoms with Gasteiger partial charge in [-0.25, -0.2) is 9.78 Å². The molecule has 2 saturated carbocycles. The minimum atomic E-state index is -0.262. The Balaban J connectivity index is 1.90. The first kappa shape index (κ1) is 16.3. The number of hydrogen-bond acceptors (Lipinski definition) is 4. The zero-order valence-electron chi connectivity index (χ0n) is 14.6. The first-order valence-corrected chi connectivity index (χ1v) is 9.26. The second-order valence-corrected chi connectivity index (χ2v) is 7.51. The molecular weight excluding hydrogens is 320 g/mol. The number of nitrogens with zero attached hydrogens (tertiary/aromatic N) is 4. The van der Waals surface area contributed by atoms with Crippen molar-refractivity contribution in [1.29, 1.82) is 0 Å². The molecule has 2 aliphatic rings. The number of fused-ring (bicyclic) bond motifs is 1. The van der Waals surface area contributed by atoms with Crippen LogP contribution in [0.25, 0.3) is 11.2 Å². The van der Waals surface area contributed by atoms with Crippen LogP contribution in [0.2, 0.25) is 0 Å². The van der Waals surface area contributed by atoms with Gasteiger partial charge in [0, 0.05) is 25.6 Å². The van der Waals surface area contributed by atoms with E-state index in [1.807, 2.05) is 0 Å². The zero-order chi connectivity index (χ0) is 17.6. The summed E-state index contributed by atoms with van der Waals surface area (Å²) in [5.74, 6) is 0.512. The molecule has 0 spiro atoms. The molecule has 2 aliphatic carbocycles. The topological polar surface area (TPSA) is 78.9 Å². The molecule has 0 amide bonds. The molecule has 0 aromatic carbocycles. The number of rotatable bonds is 6. The Bertz CT molecular complexity index is 926. The molecule has 0 atom stereocenters. The van der Waals surface area contributed by atoms with Crippen LogP contribution in [0.15, 0.2) is 15.9 Å². The molecule has 0 unspecified atom stereocenters. The summed E-state index contributed by atoms with van der Waals surface area (Å²) in [6, 6.07) is 0.122. The van der Waals surface area contributed by atoms with Gasteiger partial charge in [-0.1, -0.05) is 12.8 Å². The molecule has 4 rings (SSSR count). The lowest BCUT2D eigenvalue weighted by atomic mass is 10.2. The Morgan fingerprint density at radius 1 is 1.20 bits per heavy atom. The summed E-state index contributed by atoms with van der Waals surface area (Å²) in [7, 11) is 0. The molecule has 2 fully saturated rings. The number of aryl methyl sites for hydroxylation is 1. The van der Waals surface area contributed by atoms with Gasteiger partial charge in [0.05, 0.1) is 6.33 Å². The monoisotopic (exact) mass is 344 g/mol. The molecule has 0 bridgehead atoms. The van der Waals surface area contributed by atoms with Crippen LogP contribution in [0.3, 0.4) is 0 Å². The minimum Gasteiger partial charge on any atom is -0.324 e. The molecule has 25 heavy (non-hydrogen) atoms. The van der Waals surface area contributed by atoms with Crippen molar-refractivity contribution in [2.75, 3.05) is 0 Å². The third-order valence-electron chi connectivity index (χ3n) is 5.46. The summed E-state index contributed by atoms with van der Waals surface area (Å²) >= 11 is 0. The highest BCUT2D eigenvalue weighted by atomic mass is 16.2. The van der Waals surface area contributed by atoms with E-state index in [2.05, 4.69) is 4.98 Å². The van der Waals surface area contributed by atoms with Crippen LogP contribution in [-0.2, 0) is 17.9 Å². The molecule has 134 valence electrons. The van der Waals surface area contributed by atoms with Gasteiger partial charge < -0.3 is 4.57 Å². The van der Waals surface area contributed by atoms with E-state index >= 15 is 0 Å². The van der Waals surface area contributed by atoms with Crippen LogP contribution in [0.1, 0.15) is 57.9 Å². The maximum atomic E-state index is 13.1. The maximum Gasteiger partial charge on any atom is 0.333 e. The van der Waals surface area contributed by atoms with Crippen molar-refractivity contribution in [3.8, 4) is 0 Å². The molecule has 2 heterocycles. The number of imidazole rings is 1. The second-order valence-electron chi connectivity index (χ2n) is 7.51. The van der Waals surface area contributed by atoms with E-state index in [0.717, 1.165) is 38.5 Å². The predicted octanol–water partition coefficient (Wildman–Crippen LogP) is 1.86. The molecule has 0 radical (unpaired) electrons. The van der Waals surface area contributed by atoms with Gasteiger partial charge in [-0.2, -0.15) is 0 Å². The van der Waals surface area contributed by atoms with E-state index in [1.165, 1.54) is 4.57 Å². The molecule has 7 heteroatoms. The van der Waals surface area contributed by atoms with E-state index < -0.39 is 0 Å². The number of hydrogen-bond donors (Lipinski definition) is 0. The standard InChI is InChI=1S/C18H24N4O3/c1-12(23)8-9-20-11-19-16-15(20)17(24)21(10-13-6-7-13)18(25)22(16)14-4-2-3-5-14/h11,13-14H,2-10H2,1H3. The molecule has 0 saturated heterocycles. The summed E-state index contributed by atoms with van der Waals surface area (Å²) in [5, 5.41) is 0. The van der Waals surface area contributed by atoms with Gasteiger partial charge in [-0.3, -0.25) is 18.7 Å². The molecule has 2 aromatic heterocycles. The first-order chi connectivity index (χ1) is 12.1. The molecule has 7 nitrogen and oxygen atoms in total.